The van der Waals surface area contributed by atoms with Gasteiger partial charge in [-0.1, -0.05) is 66.4 Å². The summed E-state index contributed by atoms with van der Waals surface area (Å²) in [6.45, 7) is 10.9. The Morgan fingerprint density at radius 1 is 1.00 bits per heavy atom. The average molecular weight is 655 g/mol. The maximum absolute atomic E-state index is 13.6. The summed E-state index contributed by atoms with van der Waals surface area (Å²) in [4.78, 5) is 28.3. The van der Waals surface area contributed by atoms with Crippen molar-refractivity contribution in [3.8, 4) is 11.5 Å². The molecule has 41 heavy (non-hydrogen) atoms. The quantitative estimate of drug-likeness (QED) is 0.125. The molecule has 1 aliphatic heterocycles. The summed E-state index contributed by atoms with van der Waals surface area (Å²) in [6, 6.07) is 16.1. The molecule has 0 bridgehead atoms. The van der Waals surface area contributed by atoms with E-state index in [1.165, 1.54) is 16.0 Å². The molecular weight excluding hydrogens is 622 g/mol. The van der Waals surface area contributed by atoms with Crippen molar-refractivity contribution < 1.29 is 23.8 Å². The van der Waals surface area contributed by atoms with Crippen LogP contribution in [0.1, 0.15) is 53.3 Å². The number of ether oxygens (including phenoxy) is 3. The van der Waals surface area contributed by atoms with Crippen LogP contribution in [0.4, 0.5) is 0 Å². The molecule has 9 heteroatoms. The zero-order valence-electron chi connectivity index (χ0n) is 23.7. The minimum atomic E-state index is -0.968. The number of thiocarbonyl (C=S) groups is 1. The molecule has 1 heterocycles. The molecule has 3 aromatic rings. The van der Waals surface area contributed by atoms with E-state index >= 15 is 0 Å². The van der Waals surface area contributed by atoms with Gasteiger partial charge in [-0.25, -0.2) is 4.79 Å². The van der Waals surface area contributed by atoms with E-state index in [2.05, 4.69) is 48.8 Å². The van der Waals surface area contributed by atoms with Gasteiger partial charge >= 0.3 is 5.97 Å². The summed E-state index contributed by atoms with van der Waals surface area (Å²) in [5.74, 6) is 0.249. The molecule has 1 atom stereocenters. The van der Waals surface area contributed by atoms with Crippen LogP contribution in [0, 0.1) is 20.8 Å². The molecule has 1 saturated heterocycles. The number of esters is 1. The van der Waals surface area contributed by atoms with Crippen molar-refractivity contribution in [1.29, 1.82) is 0 Å². The number of aryl methyl sites for hydroxylation is 3. The molecule has 6 nitrogen and oxygen atoms in total. The lowest BCUT2D eigenvalue weighted by Gasteiger charge is -2.25. The van der Waals surface area contributed by atoms with Gasteiger partial charge in [-0.3, -0.25) is 9.69 Å². The molecule has 0 radical (unpaired) electrons. The second-order valence-corrected chi connectivity index (χ2v) is 12.1. The van der Waals surface area contributed by atoms with Crippen LogP contribution in [0.15, 0.2) is 64.0 Å². The monoisotopic (exact) mass is 653 g/mol. The number of hydrogen-bond acceptors (Lipinski definition) is 7. The van der Waals surface area contributed by atoms with E-state index in [-0.39, 0.29) is 16.8 Å². The molecule has 0 saturated carbocycles. The van der Waals surface area contributed by atoms with Gasteiger partial charge in [0.05, 0.1) is 22.6 Å². The first kappa shape index (κ1) is 30.8. The molecule has 1 aliphatic rings. The second-order valence-electron chi connectivity index (χ2n) is 9.53. The Morgan fingerprint density at radius 2 is 1.71 bits per heavy atom. The second kappa shape index (κ2) is 13.7. The van der Waals surface area contributed by atoms with Gasteiger partial charge < -0.3 is 14.2 Å². The number of amides is 1. The van der Waals surface area contributed by atoms with E-state index in [0.29, 0.717) is 39.7 Å². The van der Waals surface area contributed by atoms with Crippen molar-refractivity contribution in [2.24, 2.45) is 0 Å². The van der Waals surface area contributed by atoms with Gasteiger partial charge in [0.15, 0.2) is 17.5 Å². The maximum Gasteiger partial charge on any atom is 0.333 e. The smallest absolute Gasteiger partial charge is 0.333 e. The molecule has 1 amide bonds. The molecule has 0 N–H and O–H groups in total. The highest BCUT2D eigenvalue weighted by Crippen LogP contribution is 2.42. The SMILES string of the molecule is CCOC(=O)C(c1ccccc1)N1C(=O)/C(=C\c2cc(Br)c(OCc3cc(C)c(C)cc3C)c(OCC)c2)SC1=S. The van der Waals surface area contributed by atoms with Crippen LogP contribution in [-0.4, -0.2) is 34.3 Å². The Hall–Kier alpha value is -3.14. The number of hydrogen-bond donors (Lipinski definition) is 0. The van der Waals surface area contributed by atoms with Gasteiger partial charge in [-0.2, -0.15) is 0 Å². The van der Waals surface area contributed by atoms with Crippen LogP contribution in [0.3, 0.4) is 0 Å². The number of thioether (sulfide) groups is 1. The van der Waals surface area contributed by atoms with E-state index in [4.69, 9.17) is 26.4 Å². The molecule has 1 fully saturated rings. The topological polar surface area (TPSA) is 65.1 Å². The van der Waals surface area contributed by atoms with Crippen LogP contribution < -0.4 is 9.47 Å². The first-order chi connectivity index (χ1) is 19.6. The van der Waals surface area contributed by atoms with Crippen LogP contribution in [0.25, 0.3) is 6.08 Å². The third-order valence-corrected chi connectivity index (χ3v) is 8.58. The van der Waals surface area contributed by atoms with Crippen molar-refractivity contribution >= 4 is 62.2 Å². The Morgan fingerprint density at radius 3 is 2.39 bits per heavy atom. The number of benzene rings is 3. The van der Waals surface area contributed by atoms with Crippen LogP contribution >= 0.6 is 39.9 Å². The minimum Gasteiger partial charge on any atom is -0.490 e. The summed E-state index contributed by atoms with van der Waals surface area (Å²) in [7, 11) is 0. The zero-order chi connectivity index (χ0) is 29.7. The number of carbonyl (C=O) groups is 2. The fourth-order valence-electron chi connectivity index (χ4n) is 4.50. The predicted octanol–water partition coefficient (Wildman–Crippen LogP) is 7.86. The van der Waals surface area contributed by atoms with E-state index in [9.17, 15) is 9.59 Å². The van der Waals surface area contributed by atoms with E-state index < -0.39 is 12.0 Å². The van der Waals surface area contributed by atoms with Crippen molar-refractivity contribution in [3.63, 3.8) is 0 Å². The molecule has 3 aromatic carbocycles. The highest BCUT2D eigenvalue weighted by molar-refractivity contribution is 9.10. The number of halogens is 1. The Labute approximate surface area is 259 Å². The third-order valence-electron chi connectivity index (χ3n) is 6.66. The summed E-state index contributed by atoms with van der Waals surface area (Å²) in [5.41, 5.74) is 6.08. The largest absolute Gasteiger partial charge is 0.490 e. The number of carbonyl (C=O) groups excluding carboxylic acids is 2. The summed E-state index contributed by atoms with van der Waals surface area (Å²) in [5, 5.41) is 0. The van der Waals surface area contributed by atoms with Gasteiger partial charge in [-0.15, -0.1) is 0 Å². The van der Waals surface area contributed by atoms with E-state index in [1.807, 2.05) is 37.3 Å². The number of rotatable bonds is 10. The summed E-state index contributed by atoms with van der Waals surface area (Å²) < 4.78 is 18.5. The highest BCUT2D eigenvalue weighted by atomic mass is 79.9. The van der Waals surface area contributed by atoms with Gasteiger partial charge in [-0.05, 0) is 102 Å². The van der Waals surface area contributed by atoms with Gasteiger partial charge in [0.1, 0.15) is 10.9 Å². The van der Waals surface area contributed by atoms with Crippen LogP contribution in [-0.2, 0) is 20.9 Å². The van der Waals surface area contributed by atoms with Gasteiger partial charge in [0.25, 0.3) is 5.91 Å². The van der Waals surface area contributed by atoms with Crippen molar-refractivity contribution in [1.82, 2.24) is 4.90 Å². The Kier molecular flexibility index (Phi) is 10.3. The lowest BCUT2D eigenvalue weighted by atomic mass is 10.0. The minimum absolute atomic E-state index is 0.193. The predicted molar refractivity (Wildman–Crippen MR) is 171 cm³/mol. The molecule has 214 valence electrons. The molecule has 1 unspecified atom stereocenters. The first-order valence-electron chi connectivity index (χ1n) is 13.3. The van der Waals surface area contributed by atoms with Crippen LogP contribution in [0.2, 0.25) is 0 Å². The Balaban J connectivity index is 1.63. The fourth-order valence-corrected chi connectivity index (χ4v) is 6.39. The standard InChI is InChI=1S/C32H32BrNO5S2/c1-6-37-26-16-22(15-25(33)29(26)39-18-24-14-20(4)19(3)13-21(24)5)17-27-30(35)34(32(40)41-27)28(31(36)38-7-2)23-11-9-8-10-12-23/h8-17,28H,6-7,18H2,1-5H3/b27-17+. The maximum atomic E-state index is 13.6. The van der Waals surface area contributed by atoms with E-state index in [0.717, 1.165) is 28.5 Å². The first-order valence-corrected chi connectivity index (χ1v) is 15.3. The third kappa shape index (κ3) is 7.02. The molecular formula is C32H32BrNO5S2. The normalized spacial score (nSPS) is 14.9. The molecule has 0 spiro atoms. The summed E-state index contributed by atoms with van der Waals surface area (Å²) in [6.07, 6.45) is 1.75. The van der Waals surface area contributed by atoms with E-state index in [1.54, 1.807) is 25.1 Å². The molecule has 0 aliphatic carbocycles. The van der Waals surface area contributed by atoms with Gasteiger partial charge in [0, 0.05) is 0 Å². The van der Waals surface area contributed by atoms with Crippen LogP contribution in [0.5, 0.6) is 11.5 Å². The lowest BCUT2D eigenvalue weighted by Crippen LogP contribution is -2.38. The molecule has 4 rings (SSSR count). The molecule has 0 aromatic heterocycles. The van der Waals surface area contributed by atoms with Crippen molar-refractivity contribution in [2.75, 3.05) is 13.2 Å². The summed E-state index contributed by atoms with van der Waals surface area (Å²) >= 11 is 10.4. The zero-order valence-corrected chi connectivity index (χ0v) is 26.9. The average Bonchev–Trinajstić information content (AvgIpc) is 3.20. The lowest BCUT2D eigenvalue weighted by molar-refractivity contribution is -0.151. The fraction of sp³-hybridized carbons (Fsp3) is 0.281. The Bertz CT molecular complexity index is 1510. The van der Waals surface area contributed by atoms with Gasteiger partial charge in [0.2, 0.25) is 0 Å². The van der Waals surface area contributed by atoms with Crippen molar-refractivity contribution in [3.05, 3.63) is 97.4 Å². The van der Waals surface area contributed by atoms with Crippen molar-refractivity contribution in [2.45, 2.75) is 47.3 Å². The number of nitrogens with zero attached hydrogens (tertiary/aromatic N) is 1. The highest BCUT2D eigenvalue weighted by Gasteiger charge is 2.42.